The molecule has 3 aromatic heterocycles. The summed E-state index contributed by atoms with van der Waals surface area (Å²) in [4.78, 5) is 31.0. The Morgan fingerprint density at radius 3 is 2.40 bits per heavy atom. The molecule has 0 spiro atoms. The first-order valence-electron chi connectivity index (χ1n) is 10.9. The summed E-state index contributed by atoms with van der Waals surface area (Å²) in [6.07, 6.45) is 0.0751. The molecule has 0 bridgehead atoms. The van der Waals surface area contributed by atoms with Crippen molar-refractivity contribution in [1.82, 2.24) is 19.3 Å². The van der Waals surface area contributed by atoms with Gasteiger partial charge in [-0.2, -0.15) is 4.98 Å². The van der Waals surface area contributed by atoms with E-state index in [9.17, 15) is 9.59 Å². The lowest BCUT2D eigenvalue weighted by Gasteiger charge is -2.11. The van der Waals surface area contributed by atoms with Crippen LogP contribution in [0, 0.1) is 0 Å². The van der Waals surface area contributed by atoms with Crippen molar-refractivity contribution in [1.29, 1.82) is 0 Å². The number of hydrogen-bond acceptors (Lipinski definition) is 8. The average Bonchev–Trinajstić information content (AvgIpc) is 3.53. The molecule has 178 valence electrons. The van der Waals surface area contributed by atoms with E-state index < -0.39 is 5.69 Å². The zero-order chi connectivity index (χ0) is 24.5. The van der Waals surface area contributed by atoms with E-state index in [2.05, 4.69) is 10.1 Å². The number of nitrogens with zero attached hydrogens (tertiary/aromatic N) is 4. The molecule has 0 amide bonds. The fraction of sp³-hybridized carbons (Fsp3) is 0.200. The van der Waals surface area contributed by atoms with E-state index in [1.54, 1.807) is 42.8 Å². The number of ether oxygens (including phenoxy) is 2. The Morgan fingerprint density at radius 2 is 1.71 bits per heavy atom. The highest BCUT2D eigenvalue weighted by atomic mass is 32.1. The summed E-state index contributed by atoms with van der Waals surface area (Å²) in [6.45, 7) is 3.94. The van der Waals surface area contributed by atoms with E-state index in [-0.39, 0.29) is 24.1 Å². The minimum absolute atomic E-state index is 0.0179. The molecular weight excluding hydrogens is 468 g/mol. The van der Waals surface area contributed by atoms with Gasteiger partial charge in [-0.15, -0.1) is 11.3 Å². The van der Waals surface area contributed by atoms with Gasteiger partial charge in [0.1, 0.15) is 22.7 Å². The topological polar surface area (TPSA) is 101 Å². The molecule has 0 unspecified atom stereocenters. The van der Waals surface area contributed by atoms with Crippen LogP contribution in [-0.4, -0.2) is 32.5 Å². The van der Waals surface area contributed by atoms with Crippen molar-refractivity contribution < 1.29 is 14.0 Å². The van der Waals surface area contributed by atoms with E-state index in [0.29, 0.717) is 27.5 Å². The van der Waals surface area contributed by atoms with Crippen LogP contribution in [-0.2, 0) is 6.54 Å². The Balaban J connectivity index is 1.51. The molecule has 0 saturated carbocycles. The standard InChI is InChI=1S/C25H22N4O5S/c1-15(2)33-19-8-4-16(5-9-19)23-26-21(34-27-23)14-28-20-12-13-35-22(20)24(30)29(25(28)31)17-6-10-18(32-3)11-7-17/h4-13,15H,14H2,1-3H3. The van der Waals surface area contributed by atoms with Crippen molar-refractivity contribution in [3.05, 3.63) is 86.7 Å². The highest BCUT2D eigenvalue weighted by molar-refractivity contribution is 7.17. The maximum Gasteiger partial charge on any atom is 0.336 e. The van der Waals surface area contributed by atoms with E-state index in [0.717, 1.165) is 15.9 Å². The monoisotopic (exact) mass is 490 g/mol. The van der Waals surface area contributed by atoms with Gasteiger partial charge in [0.2, 0.25) is 11.7 Å². The number of rotatable bonds is 7. The van der Waals surface area contributed by atoms with Crippen LogP contribution >= 0.6 is 11.3 Å². The van der Waals surface area contributed by atoms with Gasteiger partial charge in [-0.1, -0.05) is 5.16 Å². The number of benzene rings is 2. The summed E-state index contributed by atoms with van der Waals surface area (Å²) in [5.41, 5.74) is 0.842. The van der Waals surface area contributed by atoms with Crippen molar-refractivity contribution in [3.8, 4) is 28.6 Å². The van der Waals surface area contributed by atoms with E-state index in [1.807, 2.05) is 38.1 Å². The Hall–Kier alpha value is -4.18. The Kier molecular flexibility index (Phi) is 5.96. The zero-order valence-corrected chi connectivity index (χ0v) is 20.1. The zero-order valence-electron chi connectivity index (χ0n) is 19.3. The normalized spacial score (nSPS) is 11.3. The summed E-state index contributed by atoms with van der Waals surface area (Å²) in [6, 6.07) is 15.9. The fourth-order valence-corrected chi connectivity index (χ4v) is 4.55. The molecule has 0 aliphatic heterocycles. The quantitative estimate of drug-likeness (QED) is 0.338. The third kappa shape index (κ3) is 4.35. The van der Waals surface area contributed by atoms with Gasteiger partial charge >= 0.3 is 5.69 Å². The molecule has 0 radical (unpaired) electrons. The number of fused-ring (bicyclic) bond motifs is 1. The molecule has 0 atom stereocenters. The lowest BCUT2D eigenvalue weighted by atomic mass is 10.2. The van der Waals surface area contributed by atoms with E-state index in [1.165, 1.54) is 15.9 Å². The van der Waals surface area contributed by atoms with Gasteiger partial charge in [0.15, 0.2) is 0 Å². The van der Waals surface area contributed by atoms with Crippen molar-refractivity contribution >= 4 is 21.6 Å². The molecule has 9 nitrogen and oxygen atoms in total. The second kappa shape index (κ2) is 9.22. The van der Waals surface area contributed by atoms with Crippen LogP contribution in [0.25, 0.3) is 27.3 Å². The molecule has 0 saturated heterocycles. The van der Waals surface area contributed by atoms with Gasteiger partial charge < -0.3 is 14.0 Å². The predicted molar refractivity (Wildman–Crippen MR) is 133 cm³/mol. The third-order valence-electron chi connectivity index (χ3n) is 5.33. The summed E-state index contributed by atoms with van der Waals surface area (Å²) < 4.78 is 19.4. The number of aromatic nitrogens is 4. The van der Waals surface area contributed by atoms with Gasteiger partial charge in [-0.3, -0.25) is 9.36 Å². The van der Waals surface area contributed by atoms with Crippen LogP contribution in [0.4, 0.5) is 0 Å². The molecule has 0 aliphatic carbocycles. The smallest absolute Gasteiger partial charge is 0.336 e. The third-order valence-corrected chi connectivity index (χ3v) is 6.22. The minimum Gasteiger partial charge on any atom is -0.497 e. The number of hydrogen-bond donors (Lipinski definition) is 0. The second-order valence-corrected chi connectivity index (χ2v) is 8.96. The Labute approximate surface area is 203 Å². The first kappa shape index (κ1) is 22.6. The van der Waals surface area contributed by atoms with Crippen LogP contribution in [0.5, 0.6) is 11.5 Å². The van der Waals surface area contributed by atoms with Crippen molar-refractivity contribution in [2.45, 2.75) is 26.5 Å². The SMILES string of the molecule is COc1ccc(-n2c(=O)c3sccc3n(Cc3nc(-c4ccc(OC(C)C)cc4)no3)c2=O)cc1. The largest absolute Gasteiger partial charge is 0.497 e. The first-order chi connectivity index (χ1) is 16.9. The molecule has 2 aromatic carbocycles. The Bertz CT molecular complexity index is 1590. The molecule has 3 heterocycles. The maximum atomic E-state index is 13.5. The number of methoxy groups -OCH3 is 1. The number of thiophene rings is 1. The summed E-state index contributed by atoms with van der Waals surface area (Å²) >= 11 is 1.28. The van der Waals surface area contributed by atoms with Gasteiger partial charge in [-0.05, 0) is 73.8 Å². The lowest BCUT2D eigenvalue weighted by molar-refractivity contribution is 0.242. The average molecular weight is 491 g/mol. The van der Waals surface area contributed by atoms with Crippen LogP contribution in [0.3, 0.4) is 0 Å². The minimum atomic E-state index is -0.499. The summed E-state index contributed by atoms with van der Waals surface area (Å²) in [7, 11) is 1.55. The Morgan fingerprint density at radius 1 is 1.00 bits per heavy atom. The second-order valence-electron chi connectivity index (χ2n) is 8.04. The highest BCUT2D eigenvalue weighted by Crippen LogP contribution is 2.22. The molecule has 5 rings (SSSR count). The predicted octanol–water partition coefficient (Wildman–Crippen LogP) is 4.11. The van der Waals surface area contributed by atoms with Crippen molar-refractivity contribution in [2.24, 2.45) is 0 Å². The van der Waals surface area contributed by atoms with Gasteiger partial charge in [-0.25, -0.2) is 9.36 Å². The van der Waals surface area contributed by atoms with Crippen LogP contribution in [0.1, 0.15) is 19.7 Å². The van der Waals surface area contributed by atoms with E-state index in [4.69, 9.17) is 14.0 Å². The molecule has 10 heteroatoms. The molecule has 0 fully saturated rings. The maximum absolute atomic E-state index is 13.5. The van der Waals surface area contributed by atoms with Crippen molar-refractivity contribution in [3.63, 3.8) is 0 Å². The van der Waals surface area contributed by atoms with E-state index >= 15 is 0 Å². The molecule has 0 aliphatic rings. The summed E-state index contributed by atoms with van der Waals surface area (Å²) in [5, 5.41) is 5.84. The van der Waals surface area contributed by atoms with Gasteiger partial charge in [0.25, 0.3) is 5.56 Å². The molecule has 35 heavy (non-hydrogen) atoms. The molecular formula is C25H22N4O5S. The van der Waals surface area contributed by atoms with Crippen LogP contribution < -0.4 is 20.7 Å². The summed E-state index contributed by atoms with van der Waals surface area (Å²) in [5.74, 6) is 2.02. The van der Waals surface area contributed by atoms with Gasteiger partial charge in [0, 0.05) is 5.56 Å². The highest BCUT2D eigenvalue weighted by Gasteiger charge is 2.18. The van der Waals surface area contributed by atoms with Crippen molar-refractivity contribution in [2.75, 3.05) is 7.11 Å². The molecule has 5 aromatic rings. The van der Waals surface area contributed by atoms with Crippen LogP contribution in [0.15, 0.2) is 74.1 Å². The van der Waals surface area contributed by atoms with Gasteiger partial charge in [0.05, 0.1) is 24.4 Å². The lowest BCUT2D eigenvalue weighted by Crippen LogP contribution is -2.38. The molecule has 0 N–H and O–H groups in total. The van der Waals surface area contributed by atoms with Crippen LogP contribution in [0.2, 0.25) is 0 Å². The first-order valence-corrected chi connectivity index (χ1v) is 11.8. The fourth-order valence-electron chi connectivity index (χ4n) is 3.73.